The van der Waals surface area contributed by atoms with Crippen LogP contribution in [0.3, 0.4) is 0 Å². The maximum Gasteiger partial charge on any atom is 0.125 e. The largest absolute Gasteiger partial charge is 0.487 e. The molecule has 1 saturated heterocycles. The first kappa shape index (κ1) is 14.5. The Labute approximate surface area is 137 Å². The summed E-state index contributed by atoms with van der Waals surface area (Å²) in [5.74, 6) is 1.04. The van der Waals surface area contributed by atoms with E-state index < -0.39 is 0 Å². The lowest BCUT2D eigenvalue weighted by Gasteiger charge is -2.38. The van der Waals surface area contributed by atoms with E-state index in [2.05, 4.69) is 40.5 Å². The second-order valence-electron chi connectivity index (χ2n) is 6.20. The van der Waals surface area contributed by atoms with Crippen LogP contribution in [0, 0.1) is 0 Å². The summed E-state index contributed by atoms with van der Waals surface area (Å²) in [6.45, 7) is 4.22. The van der Waals surface area contributed by atoms with Crippen molar-refractivity contribution < 1.29 is 9.47 Å². The van der Waals surface area contributed by atoms with Gasteiger partial charge in [0.15, 0.2) is 0 Å². The molecule has 0 aromatic heterocycles. The van der Waals surface area contributed by atoms with Crippen LogP contribution in [0.5, 0.6) is 5.75 Å². The molecule has 120 valence electrons. The Balaban J connectivity index is 1.21. The molecule has 4 nitrogen and oxygen atoms in total. The Morgan fingerprint density at radius 1 is 1.04 bits per heavy atom. The quantitative estimate of drug-likeness (QED) is 0.889. The number of hydrogen-bond donors (Lipinski definition) is 1. The predicted octanol–water partition coefficient (Wildman–Crippen LogP) is 2.89. The summed E-state index contributed by atoms with van der Waals surface area (Å²) < 4.78 is 11.9. The molecule has 0 aliphatic carbocycles. The van der Waals surface area contributed by atoms with Gasteiger partial charge in [-0.15, -0.1) is 0 Å². The highest BCUT2D eigenvalue weighted by molar-refractivity contribution is 5.61. The lowest BCUT2D eigenvalue weighted by atomic mass is 10.1. The second kappa shape index (κ2) is 6.60. The van der Waals surface area contributed by atoms with Crippen LogP contribution in [-0.4, -0.2) is 37.4 Å². The number of nitrogens with zero attached hydrogens (tertiary/aromatic N) is 1. The third-order valence-corrected chi connectivity index (χ3v) is 4.43. The summed E-state index contributed by atoms with van der Waals surface area (Å²) in [5.41, 5.74) is 3.77. The maximum absolute atomic E-state index is 6.15. The van der Waals surface area contributed by atoms with Crippen LogP contribution in [-0.2, 0) is 17.8 Å². The highest BCUT2D eigenvalue weighted by Crippen LogP contribution is 2.32. The summed E-state index contributed by atoms with van der Waals surface area (Å²) in [7, 11) is 0. The highest BCUT2D eigenvalue weighted by atomic mass is 16.5. The smallest absolute Gasteiger partial charge is 0.125 e. The second-order valence-corrected chi connectivity index (χ2v) is 6.20. The van der Waals surface area contributed by atoms with Gasteiger partial charge in [0.05, 0.1) is 13.3 Å². The van der Waals surface area contributed by atoms with Gasteiger partial charge >= 0.3 is 0 Å². The molecule has 0 saturated carbocycles. The molecule has 4 rings (SSSR count). The van der Waals surface area contributed by atoms with Crippen LogP contribution in [0.15, 0.2) is 48.5 Å². The van der Waals surface area contributed by atoms with E-state index in [1.54, 1.807) is 0 Å². The summed E-state index contributed by atoms with van der Waals surface area (Å²) in [6.07, 6.45) is 1.34. The van der Waals surface area contributed by atoms with E-state index in [0.29, 0.717) is 13.3 Å². The summed E-state index contributed by atoms with van der Waals surface area (Å²) in [6, 6.07) is 16.6. The van der Waals surface area contributed by atoms with Gasteiger partial charge in [0, 0.05) is 30.9 Å². The monoisotopic (exact) mass is 310 g/mol. The van der Waals surface area contributed by atoms with Crippen molar-refractivity contribution in [3.05, 3.63) is 59.7 Å². The molecule has 2 aromatic rings. The van der Waals surface area contributed by atoms with Gasteiger partial charge in [0.1, 0.15) is 11.9 Å². The van der Waals surface area contributed by atoms with Gasteiger partial charge < -0.3 is 14.8 Å². The zero-order valence-electron chi connectivity index (χ0n) is 13.2. The molecule has 2 aliphatic heterocycles. The average Bonchev–Trinajstić information content (AvgIpc) is 3.03. The molecular formula is C19H22N2O2. The number of nitrogens with one attached hydrogen (secondary N) is 1. The van der Waals surface area contributed by atoms with Crippen LogP contribution < -0.4 is 10.1 Å². The molecule has 2 heterocycles. The molecule has 1 N–H and O–H groups in total. The van der Waals surface area contributed by atoms with E-state index in [9.17, 15) is 0 Å². The number of anilines is 1. The first-order chi connectivity index (χ1) is 11.4. The Morgan fingerprint density at radius 3 is 2.78 bits per heavy atom. The van der Waals surface area contributed by atoms with Crippen molar-refractivity contribution in [2.24, 2.45) is 0 Å². The maximum atomic E-state index is 6.15. The highest BCUT2D eigenvalue weighted by Gasteiger charge is 2.29. The number of ether oxygens (including phenoxy) is 2. The molecular weight excluding hydrogens is 288 g/mol. The zero-order valence-corrected chi connectivity index (χ0v) is 13.2. The predicted molar refractivity (Wildman–Crippen MR) is 90.7 cm³/mol. The van der Waals surface area contributed by atoms with Crippen molar-refractivity contribution in [2.75, 3.05) is 31.7 Å². The van der Waals surface area contributed by atoms with Crippen molar-refractivity contribution in [3.63, 3.8) is 0 Å². The molecule has 0 unspecified atom stereocenters. The van der Waals surface area contributed by atoms with Gasteiger partial charge in [-0.05, 0) is 24.1 Å². The number of fused-ring (bicyclic) bond motifs is 1. The lowest BCUT2D eigenvalue weighted by molar-refractivity contribution is -0.0650. The van der Waals surface area contributed by atoms with E-state index in [1.807, 2.05) is 18.2 Å². The van der Waals surface area contributed by atoms with Gasteiger partial charge in [-0.2, -0.15) is 0 Å². The van der Waals surface area contributed by atoms with Crippen LogP contribution >= 0.6 is 0 Å². The summed E-state index contributed by atoms with van der Waals surface area (Å²) in [4.78, 5) is 2.27. The fraction of sp³-hybridized carbons (Fsp3) is 0.368. The van der Waals surface area contributed by atoms with Crippen LogP contribution in [0.25, 0.3) is 0 Å². The third kappa shape index (κ3) is 3.33. The zero-order chi connectivity index (χ0) is 15.5. The van der Waals surface area contributed by atoms with E-state index in [4.69, 9.17) is 9.47 Å². The minimum Gasteiger partial charge on any atom is -0.487 e. The lowest BCUT2D eigenvalue weighted by Crippen LogP contribution is -2.54. The Morgan fingerprint density at radius 2 is 1.91 bits per heavy atom. The van der Waals surface area contributed by atoms with Crippen LogP contribution in [0.2, 0.25) is 0 Å². The van der Waals surface area contributed by atoms with Crippen molar-refractivity contribution in [2.45, 2.75) is 19.1 Å². The number of hydrogen-bond acceptors (Lipinski definition) is 4. The number of benzene rings is 2. The molecule has 0 spiro atoms. The average molecular weight is 310 g/mol. The number of likely N-dealkylation sites (tertiary alicyclic amines) is 1. The molecule has 2 aliphatic rings. The minimum atomic E-state index is 0.280. The fourth-order valence-corrected chi connectivity index (χ4v) is 3.17. The number of rotatable bonds is 6. The Hall–Kier alpha value is -2.04. The molecule has 0 radical (unpaired) electrons. The molecule has 4 heteroatoms. The van der Waals surface area contributed by atoms with Gasteiger partial charge in [-0.1, -0.05) is 36.4 Å². The normalized spacial score (nSPS) is 17.4. The van der Waals surface area contributed by atoms with Gasteiger partial charge in [-0.3, -0.25) is 4.90 Å². The Bertz CT molecular complexity index is 654. The standard InChI is InChI=1S/C19H22N2O2/c1-2-5-15(6-3-1)13-22-14-21-11-16(12-21)23-19-8-4-7-18-17(19)9-10-20-18/h1-8,16,20H,9-14H2. The third-order valence-electron chi connectivity index (χ3n) is 4.43. The van der Waals surface area contributed by atoms with E-state index in [1.165, 1.54) is 16.8 Å². The fourth-order valence-electron chi connectivity index (χ4n) is 3.17. The van der Waals surface area contributed by atoms with Gasteiger partial charge in [-0.25, -0.2) is 0 Å². The first-order valence-electron chi connectivity index (χ1n) is 8.25. The SMILES string of the molecule is c1ccc(COCN2CC(Oc3cccc4c3CCN4)C2)cc1. The van der Waals surface area contributed by atoms with Crippen molar-refractivity contribution >= 4 is 5.69 Å². The molecule has 0 atom stereocenters. The first-order valence-corrected chi connectivity index (χ1v) is 8.25. The van der Waals surface area contributed by atoms with Crippen molar-refractivity contribution in [1.82, 2.24) is 4.90 Å². The molecule has 1 fully saturated rings. The molecule has 23 heavy (non-hydrogen) atoms. The molecule has 0 bridgehead atoms. The summed E-state index contributed by atoms with van der Waals surface area (Å²) >= 11 is 0. The molecule has 2 aromatic carbocycles. The minimum absolute atomic E-state index is 0.280. The molecule has 0 amide bonds. The van der Waals surface area contributed by atoms with Gasteiger partial charge in [0.2, 0.25) is 0 Å². The van der Waals surface area contributed by atoms with Crippen molar-refractivity contribution in [1.29, 1.82) is 0 Å². The van der Waals surface area contributed by atoms with Crippen LogP contribution in [0.4, 0.5) is 5.69 Å². The van der Waals surface area contributed by atoms with E-state index in [-0.39, 0.29) is 6.10 Å². The summed E-state index contributed by atoms with van der Waals surface area (Å²) in [5, 5.41) is 3.39. The van der Waals surface area contributed by atoms with Gasteiger partial charge in [0.25, 0.3) is 0 Å². The topological polar surface area (TPSA) is 33.7 Å². The Kier molecular flexibility index (Phi) is 4.18. The van der Waals surface area contributed by atoms with Crippen LogP contribution in [0.1, 0.15) is 11.1 Å². The van der Waals surface area contributed by atoms with E-state index >= 15 is 0 Å². The van der Waals surface area contributed by atoms with Crippen molar-refractivity contribution in [3.8, 4) is 5.75 Å². The van der Waals surface area contributed by atoms with E-state index in [0.717, 1.165) is 31.8 Å².